The van der Waals surface area contributed by atoms with Crippen molar-refractivity contribution >= 4 is 17.3 Å². The van der Waals surface area contributed by atoms with E-state index in [1.807, 2.05) is 24.1 Å². The number of nitrogens with two attached hydrogens (primary N) is 1. The average molecular weight is 237 g/mol. The fraction of sp³-hybridized carbons (Fsp3) is 0.417. The highest BCUT2D eigenvalue weighted by atomic mass is 16.5. The second kappa shape index (κ2) is 5.98. The molecule has 94 valence electrons. The van der Waals surface area contributed by atoms with Crippen LogP contribution in [0.2, 0.25) is 0 Å². The summed E-state index contributed by atoms with van der Waals surface area (Å²) in [7, 11) is 5.13. The van der Waals surface area contributed by atoms with Gasteiger partial charge >= 0.3 is 0 Å². The Morgan fingerprint density at radius 1 is 1.53 bits per heavy atom. The number of carbonyl (C=O) groups is 1. The van der Waals surface area contributed by atoms with Crippen LogP contribution >= 0.6 is 0 Å². The van der Waals surface area contributed by atoms with E-state index < -0.39 is 0 Å². The zero-order valence-corrected chi connectivity index (χ0v) is 10.5. The van der Waals surface area contributed by atoms with Crippen LogP contribution in [-0.2, 0) is 4.79 Å². The average Bonchev–Trinajstić information content (AvgIpc) is 2.35. The highest BCUT2D eigenvalue weighted by molar-refractivity contribution is 5.77. The van der Waals surface area contributed by atoms with Gasteiger partial charge in [0.05, 0.1) is 18.5 Å². The van der Waals surface area contributed by atoms with Crippen molar-refractivity contribution in [3.05, 3.63) is 18.2 Å². The van der Waals surface area contributed by atoms with Gasteiger partial charge in [-0.1, -0.05) is 0 Å². The molecule has 0 saturated carbocycles. The van der Waals surface area contributed by atoms with Gasteiger partial charge in [0.1, 0.15) is 5.75 Å². The van der Waals surface area contributed by atoms with Crippen molar-refractivity contribution in [1.29, 1.82) is 0 Å². The molecule has 0 spiro atoms. The number of amides is 1. The van der Waals surface area contributed by atoms with E-state index in [0.717, 1.165) is 11.4 Å². The Morgan fingerprint density at radius 2 is 2.24 bits per heavy atom. The molecule has 5 nitrogen and oxygen atoms in total. The summed E-state index contributed by atoms with van der Waals surface area (Å²) in [6.07, 6.45) is 0.443. The maximum absolute atomic E-state index is 11.1. The molecule has 0 bridgehead atoms. The van der Waals surface area contributed by atoms with Crippen LogP contribution in [0.3, 0.4) is 0 Å². The van der Waals surface area contributed by atoms with Gasteiger partial charge in [-0.15, -0.1) is 0 Å². The van der Waals surface area contributed by atoms with E-state index in [9.17, 15) is 4.79 Å². The summed E-state index contributed by atoms with van der Waals surface area (Å²) in [5.41, 5.74) is 7.45. The lowest BCUT2D eigenvalue weighted by molar-refractivity contribution is -0.120. The number of methoxy groups -OCH3 is 1. The molecule has 0 aliphatic heterocycles. The summed E-state index contributed by atoms with van der Waals surface area (Å²) in [6, 6.07) is 5.51. The van der Waals surface area contributed by atoms with Crippen LogP contribution in [0.15, 0.2) is 18.2 Å². The SMILES string of the molecule is CNC(=O)CCN(C)c1ccc(OC)cc1N. The van der Waals surface area contributed by atoms with Crippen molar-refractivity contribution in [2.75, 3.05) is 38.4 Å². The molecule has 0 aromatic heterocycles. The van der Waals surface area contributed by atoms with E-state index in [1.165, 1.54) is 0 Å². The largest absolute Gasteiger partial charge is 0.497 e. The van der Waals surface area contributed by atoms with Crippen LogP contribution in [0.5, 0.6) is 5.75 Å². The molecular formula is C12H19N3O2. The molecule has 17 heavy (non-hydrogen) atoms. The monoisotopic (exact) mass is 237 g/mol. The van der Waals surface area contributed by atoms with E-state index in [4.69, 9.17) is 10.5 Å². The van der Waals surface area contributed by atoms with Crippen LogP contribution in [-0.4, -0.2) is 33.7 Å². The molecule has 0 aliphatic rings. The molecule has 0 fully saturated rings. The van der Waals surface area contributed by atoms with Gasteiger partial charge in [-0.25, -0.2) is 0 Å². The maximum Gasteiger partial charge on any atom is 0.221 e. The quantitative estimate of drug-likeness (QED) is 0.745. The third kappa shape index (κ3) is 3.55. The molecule has 0 atom stereocenters. The van der Waals surface area contributed by atoms with Crippen molar-refractivity contribution in [3.8, 4) is 5.75 Å². The lowest BCUT2D eigenvalue weighted by Crippen LogP contribution is -2.26. The van der Waals surface area contributed by atoms with Gasteiger partial charge in [-0.2, -0.15) is 0 Å². The first kappa shape index (κ1) is 13.2. The lowest BCUT2D eigenvalue weighted by atomic mass is 10.2. The molecule has 1 amide bonds. The standard InChI is InChI=1S/C12H19N3O2/c1-14-12(16)6-7-15(2)11-5-4-9(17-3)8-10(11)13/h4-5,8H,6-7,13H2,1-3H3,(H,14,16). The number of anilines is 2. The summed E-state index contributed by atoms with van der Waals surface area (Å²) in [6.45, 7) is 0.621. The predicted octanol–water partition coefficient (Wildman–Crippen LogP) is 0.850. The van der Waals surface area contributed by atoms with Gasteiger partial charge in [-0.3, -0.25) is 4.79 Å². The molecule has 5 heteroatoms. The smallest absolute Gasteiger partial charge is 0.221 e. The minimum absolute atomic E-state index is 0.0175. The Hall–Kier alpha value is -1.91. The fourth-order valence-electron chi connectivity index (χ4n) is 1.52. The van der Waals surface area contributed by atoms with E-state index >= 15 is 0 Å². The van der Waals surface area contributed by atoms with Crippen LogP contribution < -0.4 is 20.7 Å². The number of carbonyl (C=O) groups excluding carboxylic acids is 1. The predicted molar refractivity (Wildman–Crippen MR) is 69.4 cm³/mol. The minimum Gasteiger partial charge on any atom is -0.497 e. The fourth-order valence-corrected chi connectivity index (χ4v) is 1.52. The van der Waals surface area contributed by atoms with E-state index in [0.29, 0.717) is 18.7 Å². The first-order chi connectivity index (χ1) is 8.08. The van der Waals surface area contributed by atoms with Crippen molar-refractivity contribution in [3.63, 3.8) is 0 Å². The molecule has 1 aromatic rings. The molecule has 1 aromatic carbocycles. The Balaban J connectivity index is 2.68. The molecule has 0 unspecified atom stereocenters. The first-order valence-corrected chi connectivity index (χ1v) is 5.43. The Kier molecular flexibility index (Phi) is 4.63. The van der Waals surface area contributed by atoms with Crippen LogP contribution in [0.1, 0.15) is 6.42 Å². The van der Waals surface area contributed by atoms with Gasteiger partial charge in [0.15, 0.2) is 0 Å². The number of rotatable bonds is 5. The summed E-state index contributed by atoms with van der Waals surface area (Å²) in [5.74, 6) is 0.745. The minimum atomic E-state index is 0.0175. The van der Waals surface area contributed by atoms with E-state index in [1.54, 1.807) is 20.2 Å². The maximum atomic E-state index is 11.1. The van der Waals surface area contributed by atoms with Crippen LogP contribution in [0, 0.1) is 0 Å². The molecular weight excluding hydrogens is 218 g/mol. The molecule has 0 heterocycles. The van der Waals surface area contributed by atoms with Gasteiger partial charge in [-0.05, 0) is 12.1 Å². The van der Waals surface area contributed by atoms with Crippen molar-refractivity contribution in [2.24, 2.45) is 0 Å². The Labute approximate surface area is 102 Å². The topological polar surface area (TPSA) is 67.6 Å². The Bertz CT molecular complexity index is 393. The molecule has 3 N–H and O–H groups in total. The number of hydrogen-bond donors (Lipinski definition) is 2. The van der Waals surface area contributed by atoms with Gasteiger partial charge in [0.25, 0.3) is 0 Å². The van der Waals surface area contributed by atoms with Gasteiger partial charge < -0.3 is 20.7 Å². The number of benzene rings is 1. The summed E-state index contributed by atoms with van der Waals surface area (Å²) >= 11 is 0. The number of ether oxygens (including phenoxy) is 1. The van der Waals surface area contributed by atoms with Crippen LogP contribution in [0.25, 0.3) is 0 Å². The molecule has 0 saturated heterocycles. The molecule has 1 rings (SSSR count). The molecule has 0 radical (unpaired) electrons. The Morgan fingerprint density at radius 3 is 2.76 bits per heavy atom. The van der Waals surface area contributed by atoms with E-state index in [-0.39, 0.29) is 5.91 Å². The van der Waals surface area contributed by atoms with Crippen LogP contribution in [0.4, 0.5) is 11.4 Å². The van der Waals surface area contributed by atoms with Gasteiger partial charge in [0, 0.05) is 33.1 Å². The first-order valence-electron chi connectivity index (χ1n) is 5.43. The zero-order chi connectivity index (χ0) is 12.8. The summed E-state index contributed by atoms with van der Waals surface area (Å²) < 4.78 is 5.08. The highest BCUT2D eigenvalue weighted by Gasteiger charge is 2.08. The van der Waals surface area contributed by atoms with Crippen molar-refractivity contribution in [1.82, 2.24) is 5.32 Å². The molecule has 0 aliphatic carbocycles. The van der Waals surface area contributed by atoms with Crippen molar-refractivity contribution in [2.45, 2.75) is 6.42 Å². The number of nitrogens with zero attached hydrogens (tertiary/aromatic N) is 1. The second-order valence-corrected chi connectivity index (χ2v) is 3.77. The third-order valence-corrected chi connectivity index (χ3v) is 2.60. The number of nitrogens with one attached hydrogen (secondary N) is 1. The third-order valence-electron chi connectivity index (χ3n) is 2.60. The number of hydrogen-bond acceptors (Lipinski definition) is 4. The lowest BCUT2D eigenvalue weighted by Gasteiger charge is -2.21. The normalized spacial score (nSPS) is 9.82. The van der Waals surface area contributed by atoms with E-state index in [2.05, 4.69) is 5.32 Å². The van der Waals surface area contributed by atoms with Gasteiger partial charge in [0.2, 0.25) is 5.91 Å². The summed E-state index contributed by atoms with van der Waals surface area (Å²) in [4.78, 5) is 13.1. The number of nitrogen functional groups attached to an aromatic ring is 1. The highest BCUT2D eigenvalue weighted by Crippen LogP contribution is 2.26. The second-order valence-electron chi connectivity index (χ2n) is 3.77. The van der Waals surface area contributed by atoms with Crippen molar-refractivity contribution < 1.29 is 9.53 Å². The summed E-state index contributed by atoms with van der Waals surface area (Å²) in [5, 5.41) is 2.59. The zero-order valence-electron chi connectivity index (χ0n) is 10.5.